The summed E-state index contributed by atoms with van der Waals surface area (Å²) in [5.74, 6) is -0.634. The first-order chi connectivity index (χ1) is 16.8. The van der Waals surface area contributed by atoms with E-state index in [4.69, 9.17) is 4.84 Å². The molecule has 9 nitrogen and oxygen atoms in total. The molecule has 1 saturated heterocycles. The number of benzene rings is 2. The predicted molar refractivity (Wildman–Crippen MR) is 142 cm³/mol. The molecule has 1 aliphatic rings. The second kappa shape index (κ2) is 11.4. The third kappa shape index (κ3) is 6.35. The fourth-order valence-corrected chi connectivity index (χ4v) is 4.41. The van der Waals surface area contributed by atoms with E-state index in [1.165, 1.54) is 0 Å². The lowest BCUT2D eigenvalue weighted by molar-refractivity contribution is -0.122. The number of piperazine rings is 1. The Hall–Kier alpha value is -2.60. The van der Waals surface area contributed by atoms with Gasteiger partial charge in [-0.15, -0.1) is 10.2 Å². The number of fused-ring (bicyclic) bond motifs is 1. The van der Waals surface area contributed by atoms with Crippen molar-refractivity contribution < 1.29 is 14.7 Å². The van der Waals surface area contributed by atoms with Gasteiger partial charge in [-0.05, 0) is 49.9 Å². The van der Waals surface area contributed by atoms with Crippen LogP contribution in [0.3, 0.4) is 0 Å². The molecule has 1 aliphatic heterocycles. The highest BCUT2D eigenvalue weighted by atomic mass is 79.9. The highest BCUT2D eigenvalue weighted by Crippen LogP contribution is 2.40. The fourth-order valence-electron chi connectivity index (χ4n) is 3.79. The monoisotopic (exact) mass is 604 g/mol. The Morgan fingerprint density at radius 1 is 1.06 bits per heavy atom. The minimum absolute atomic E-state index is 0.0291. The Morgan fingerprint density at radius 2 is 1.74 bits per heavy atom. The van der Waals surface area contributed by atoms with Crippen LogP contribution in [0.2, 0.25) is 0 Å². The number of carbonyl (C=O) groups is 1. The summed E-state index contributed by atoms with van der Waals surface area (Å²) in [6.07, 6.45) is 0. The molecular formula is C24H26Br2N6O3. The maximum atomic E-state index is 12.3. The highest BCUT2D eigenvalue weighted by Gasteiger charge is 2.21. The largest absolute Gasteiger partial charge is 0.493 e. The van der Waals surface area contributed by atoms with Gasteiger partial charge in [-0.1, -0.05) is 49.1 Å². The third-order valence-corrected chi connectivity index (χ3v) is 6.84. The third-order valence-electron chi connectivity index (χ3n) is 5.82. The minimum Gasteiger partial charge on any atom is -0.493 e. The molecule has 0 radical (unpaired) electrons. The number of azo groups is 1. The van der Waals surface area contributed by atoms with Gasteiger partial charge in [-0.2, -0.15) is 0 Å². The number of hydrogen-bond donors (Lipinski definition) is 1. The number of oxime groups is 1. The molecule has 0 atom stereocenters. The van der Waals surface area contributed by atoms with Crippen LogP contribution in [-0.4, -0.2) is 70.9 Å². The highest BCUT2D eigenvalue weighted by molar-refractivity contribution is 9.10. The first kappa shape index (κ1) is 25.5. The van der Waals surface area contributed by atoms with Crippen molar-refractivity contribution in [2.24, 2.45) is 15.4 Å². The molecular weight excluding hydrogens is 580 g/mol. The van der Waals surface area contributed by atoms with Gasteiger partial charge in [-0.25, -0.2) is 0 Å². The van der Waals surface area contributed by atoms with Crippen LogP contribution in [0.1, 0.15) is 12.5 Å². The molecule has 3 aromatic rings. The van der Waals surface area contributed by atoms with Gasteiger partial charge < -0.3 is 14.8 Å². The average molecular weight is 606 g/mol. The van der Waals surface area contributed by atoms with Crippen molar-refractivity contribution >= 4 is 60.1 Å². The molecule has 1 amide bonds. The molecule has 184 valence electrons. The van der Waals surface area contributed by atoms with Crippen LogP contribution >= 0.6 is 31.9 Å². The van der Waals surface area contributed by atoms with Crippen molar-refractivity contribution in [3.63, 3.8) is 0 Å². The van der Waals surface area contributed by atoms with Crippen LogP contribution in [0.4, 0.5) is 5.69 Å². The summed E-state index contributed by atoms with van der Waals surface area (Å²) in [6.45, 7) is 5.70. The van der Waals surface area contributed by atoms with Gasteiger partial charge in [-0.3, -0.25) is 14.3 Å². The van der Waals surface area contributed by atoms with Gasteiger partial charge in [0.1, 0.15) is 0 Å². The topological polar surface area (TPSA) is 95.0 Å². The number of carbonyl (C=O) groups excluding carboxylic acids is 1. The van der Waals surface area contributed by atoms with Crippen molar-refractivity contribution in [1.29, 1.82) is 0 Å². The Morgan fingerprint density at radius 3 is 2.46 bits per heavy atom. The van der Waals surface area contributed by atoms with Crippen LogP contribution in [0.5, 0.6) is 5.88 Å². The Balaban J connectivity index is 1.47. The number of likely N-dealkylation sites (N-methyl/N-ethyl adjacent to an activating group) is 1. The molecule has 0 unspecified atom stereocenters. The van der Waals surface area contributed by atoms with E-state index in [-0.39, 0.29) is 18.2 Å². The molecule has 1 aromatic heterocycles. The van der Waals surface area contributed by atoms with E-state index in [1.807, 2.05) is 42.5 Å². The van der Waals surface area contributed by atoms with Gasteiger partial charge in [0.2, 0.25) is 5.88 Å². The lowest BCUT2D eigenvalue weighted by Crippen LogP contribution is -2.44. The maximum Gasteiger partial charge on any atom is 0.304 e. The minimum atomic E-state index is -0.605. The first-order valence-electron chi connectivity index (χ1n) is 11.1. The summed E-state index contributed by atoms with van der Waals surface area (Å²) < 4.78 is 3.60. The molecule has 2 aromatic carbocycles. The van der Waals surface area contributed by atoms with Crippen molar-refractivity contribution in [3.05, 3.63) is 57.0 Å². The molecule has 0 bridgehead atoms. The summed E-state index contributed by atoms with van der Waals surface area (Å²) in [5, 5.41) is 23.5. The van der Waals surface area contributed by atoms with E-state index < -0.39 is 5.91 Å². The molecule has 1 N–H and O–H groups in total. The van der Waals surface area contributed by atoms with Crippen LogP contribution < -0.4 is 0 Å². The molecule has 35 heavy (non-hydrogen) atoms. The molecule has 0 saturated carbocycles. The number of aromatic hydroxyl groups is 1. The molecule has 11 heteroatoms. The van der Waals surface area contributed by atoms with E-state index in [0.29, 0.717) is 17.8 Å². The zero-order valence-electron chi connectivity index (χ0n) is 19.5. The quantitative estimate of drug-likeness (QED) is 0.229. The van der Waals surface area contributed by atoms with Crippen LogP contribution in [-0.2, 0) is 16.3 Å². The molecule has 1 fully saturated rings. The van der Waals surface area contributed by atoms with Crippen molar-refractivity contribution in [2.45, 2.75) is 13.6 Å². The summed E-state index contributed by atoms with van der Waals surface area (Å²) in [7, 11) is 2.10. The molecule has 2 heterocycles. The van der Waals surface area contributed by atoms with Crippen LogP contribution in [0.25, 0.3) is 10.9 Å². The summed E-state index contributed by atoms with van der Waals surface area (Å²) in [4.78, 5) is 22.0. The lowest BCUT2D eigenvalue weighted by Gasteiger charge is -2.32. The van der Waals surface area contributed by atoms with E-state index >= 15 is 0 Å². The van der Waals surface area contributed by atoms with E-state index in [0.717, 1.165) is 46.2 Å². The van der Waals surface area contributed by atoms with Crippen LogP contribution in [0, 0.1) is 0 Å². The van der Waals surface area contributed by atoms with Crippen molar-refractivity contribution in [1.82, 2.24) is 14.4 Å². The number of amides is 1. The van der Waals surface area contributed by atoms with Gasteiger partial charge in [0.25, 0.3) is 0 Å². The number of aromatic nitrogens is 1. The van der Waals surface area contributed by atoms with Gasteiger partial charge in [0, 0.05) is 40.5 Å². The SMILES string of the molecule is CC(=NOCC(=O)N=Nc1c(O)n(CN2CCN(C)CC2)c2ccc(Br)cc12)c1ccc(Br)cc1. The summed E-state index contributed by atoms with van der Waals surface area (Å²) in [6, 6.07) is 13.3. The first-order valence-corrected chi connectivity index (χ1v) is 12.7. The normalized spacial score (nSPS) is 15.8. The molecule has 0 spiro atoms. The zero-order valence-corrected chi connectivity index (χ0v) is 22.7. The van der Waals surface area contributed by atoms with Crippen molar-refractivity contribution in [2.75, 3.05) is 39.8 Å². The maximum absolute atomic E-state index is 12.3. The van der Waals surface area contributed by atoms with E-state index in [1.54, 1.807) is 11.5 Å². The van der Waals surface area contributed by atoms with Crippen LogP contribution in [0.15, 0.2) is 66.8 Å². The second-order valence-electron chi connectivity index (χ2n) is 8.38. The standard InChI is InChI=1S/C24H26Br2N6O3/c1-16(17-3-5-18(25)6-4-17)29-35-14-22(33)27-28-23-20-13-19(26)7-8-21(20)32(24(23)34)15-31-11-9-30(2)10-12-31/h3-8,13,34H,9-12,14-15H2,1-2H3. The van der Waals surface area contributed by atoms with E-state index in [9.17, 15) is 9.90 Å². The number of nitrogens with zero attached hydrogens (tertiary/aromatic N) is 6. The average Bonchev–Trinajstić information content (AvgIpc) is 3.09. The molecule has 0 aliphatic carbocycles. The Bertz CT molecular complexity index is 1260. The second-order valence-corrected chi connectivity index (χ2v) is 10.2. The molecule has 4 rings (SSSR count). The van der Waals surface area contributed by atoms with Gasteiger partial charge >= 0.3 is 5.91 Å². The predicted octanol–water partition coefficient (Wildman–Crippen LogP) is 5.13. The smallest absolute Gasteiger partial charge is 0.304 e. The number of rotatable bonds is 7. The van der Waals surface area contributed by atoms with Gasteiger partial charge in [0.15, 0.2) is 12.3 Å². The van der Waals surface area contributed by atoms with E-state index in [2.05, 4.69) is 64.1 Å². The number of hydrogen-bond acceptors (Lipinski definition) is 7. The zero-order chi connectivity index (χ0) is 24.9. The fraction of sp³-hybridized carbons (Fsp3) is 0.333. The van der Waals surface area contributed by atoms with Crippen molar-refractivity contribution in [3.8, 4) is 5.88 Å². The Labute approximate surface area is 220 Å². The number of halogens is 2. The van der Waals surface area contributed by atoms with Gasteiger partial charge in [0.05, 0.1) is 17.9 Å². The lowest BCUT2D eigenvalue weighted by atomic mass is 10.1. The summed E-state index contributed by atoms with van der Waals surface area (Å²) >= 11 is 6.86. The Kier molecular flexibility index (Phi) is 8.32. The summed E-state index contributed by atoms with van der Waals surface area (Å²) in [5.41, 5.74) is 2.58.